The van der Waals surface area contributed by atoms with Gasteiger partial charge in [-0.1, -0.05) is 11.8 Å². The van der Waals surface area contributed by atoms with E-state index in [1.165, 1.54) is 11.8 Å². The third kappa shape index (κ3) is 4.79. The molecule has 0 bridgehead atoms. The zero-order chi connectivity index (χ0) is 21.1. The lowest BCUT2D eigenvalue weighted by Crippen LogP contribution is -2.50. The van der Waals surface area contributed by atoms with E-state index in [1.807, 2.05) is 24.3 Å². The van der Waals surface area contributed by atoms with Crippen molar-refractivity contribution in [3.05, 3.63) is 30.6 Å². The minimum absolute atomic E-state index is 0.00655. The molecule has 2 atom stereocenters. The fourth-order valence-electron chi connectivity index (χ4n) is 4.02. The van der Waals surface area contributed by atoms with Crippen LogP contribution in [0.15, 0.2) is 35.7 Å². The molecule has 0 spiro atoms. The largest absolute Gasteiger partial charge is 0.497 e. The summed E-state index contributed by atoms with van der Waals surface area (Å²) in [5.41, 5.74) is 0.861. The Morgan fingerprint density at radius 1 is 1.23 bits per heavy atom. The molecule has 0 radical (unpaired) electrons. The third-order valence-electron chi connectivity index (χ3n) is 5.48. The van der Waals surface area contributed by atoms with Crippen molar-refractivity contribution in [3.8, 4) is 11.4 Å². The number of ether oxygens (including phenoxy) is 1. The number of methoxy groups -OCH3 is 1. The van der Waals surface area contributed by atoms with Crippen LogP contribution in [-0.2, 0) is 14.6 Å². The van der Waals surface area contributed by atoms with E-state index in [1.54, 1.807) is 18.0 Å². The van der Waals surface area contributed by atoms with Gasteiger partial charge in [-0.2, -0.15) is 0 Å². The van der Waals surface area contributed by atoms with E-state index < -0.39 is 9.84 Å². The first-order chi connectivity index (χ1) is 14.4. The number of carbonyl (C=O) groups excluding carboxylic acids is 1. The van der Waals surface area contributed by atoms with Gasteiger partial charge in [0, 0.05) is 11.7 Å². The number of amides is 1. The first-order valence-electron chi connectivity index (χ1n) is 9.86. The second-order valence-electron chi connectivity index (χ2n) is 7.53. The van der Waals surface area contributed by atoms with E-state index in [2.05, 4.69) is 20.4 Å². The molecular weight excluding hydrogens is 426 g/mol. The molecule has 1 aromatic heterocycles. The average Bonchev–Trinajstić information content (AvgIpc) is 3.46. The monoisotopic (exact) mass is 451 g/mol. The van der Waals surface area contributed by atoms with Crippen LogP contribution in [0.5, 0.6) is 5.75 Å². The molecular formula is C19H25N5O4S2. The van der Waals surface area contributed by atoms with Crippen molar-refractivity contribution < 1.29 is 17.9 Å². The van der Waals surface area contributed by atoms with Gasteiger partial charge in [0.05, 0.1) is 30.4 Å². The van der Waals surface area contributed by atoms with Crippen LogP contribution in [0.2, 0.25) is 0 Å². The summed E-state index contributed by atoms with van der Waals surface area (Å²) in [6.45, 7) is 1.79. The normalized spacial score (nSPS) is 23.5. The van der Waals surface area contributed by atoms with E-state index in [-0.39, 0.29) is 35.2 Å². The SMILES string of the molecule is COc1ccc(-n2cnnc2SCC(=O)N[C@@H]2CS(=O)(=O)C[C@@H]2N2CCCC2)cc1. The molecule has 1 amide bonds. The Bertz CT molecular complexity index is 987. The number of carbonyl (C=O) groups is 1. The fourth-order valence-corrected chi connectivity index (χ4v) is 6.71. The lowest BCUT2D eigenvalue weighted by atomic mass is 10.1. The lowest BCUT2D eigenvalue weighted by molar-refractivity contribution is -0.119. The molecule has 0 aliphatic carbocycles. The standard InChI is InChI=1S/C19H25N5O4S2/c1-28-15-6-4-14(5-7-15)24-13-20-22-19(24)29-10-18(25)21-16-11-30(26,27)12-17(16)23-8-2-3-9-23/h4-7,13,16-17H,2-3,8-12H2,1H3,(H,21,25)/t16-,17+/m1/s1. The van der Waals surface area contributed by atoms with Crippen LogP contribution in [0, 0.1) is 0 Å². The van der Waals surface area contributed by atoms with Gasteiger partial charge >= 0.3 is 0 Å². The summed E-state index contributed by atoms with van der Waals surface area (Å²) in [4.78, 5) is 14.8. The highest BCUT2D eigenvalue weighted by Crippen LogP contribution is 2.24. The number of rotatable bonds is 7. The van der Waals surface area contributed by atoms with Crippen LogP contribution in [0.25, 0.3) is 5.69 Å². The Morgan fingerprint density at radius 2 is 1.97 bits per heavy atom. The zero-order valence-electron chi connectivity index (χ0n) is 16.7. The molecule has 2 aliphatic rings. The van der Waals surface area contributed by atoms with Crippen molar-refractivity contribution in [2.24, 2.45) is 0 Å². The van der Waals surface area contributed by atoms with Gasteiger partial charge in [0.1, 0.15) is 12.1 Å². The Balaban J connectivity index is 1.37. The van der Waals surface area contributed by atoms with Gasteiger partial charge in [0.25, 0.3) is 0 Å². The molecule has 2 fully saturated rings. The summed E-state index contributed by atoms with van der Waals surface area (Å²) in [5, 5.41) is 11.6. The van der Waals surface area contributed by atoms with Crippen LogP contribution in [0.4, 0.5) is 0 Å². The van der Waals surface area contributed by atoms with Gasteiger partial charge in [-0.3, -0.25) is 14.3 Å². The number of benzene rings is 1. The highest BCUT2D eigenvalue weighted by Gasteiger charge is 2.42. The first-order valence-corrected chi connectivity index (χ1v) is 12.7. The van der Waals surface area contributed by atoms with Crippen LogP contribution >= 0.6 is 11.8 Å². The zero-order valence-corrected chi connectivity index (χ0v) is 18.4. The van der Waals surface area contributed by atoms with Gasteiger partial charge < -0.3 is 10.1 Å². The van der Waals surface area contributed by atoms with Crippen molar-refractivity contribution in [1.82, 2.24) is 25.0 Å². The molecule has 2 aromatic rings. The van der Waals surface area contributed by atoms with Crippen molar-refractivity contribution in [1.29, 1.82) is 0 Å². The van der Waals surface area contributed by atoms with Gasteiger partial charge in [-0.15, -0.1) is 10.2 Å². The summed E-state index contributed by atoms with van der Waals surface area (Å²) in [7, 11) is -1.53. The van der Waals surface area contributed by atoms with Gasteiger partial charge in [-0.25, -0.2) is 8.42 Å². The van der Waals surface area contributed by atoms with Crippen LogP contribution in [0.3, 0.4) is 0 Å². The third-order valence-corrected chi connectivity index (χ3v) is 8.14. The van der Waals surface area contributed by atoms with E-state index in [0.717, 1.165) is 37.4 Å². The molecule has 0 saturated carbocycles. The van der Waals surface area contributed by atoms with E-state index in [0.29, 0.717) is 5.16 Å². The smallest absolute Gasteiger partial charge is 0.230 e. The molecule has 3 heterocycles. The van der Waals surface area contributed by atoms with E-state index in [4.69, 9.17) is 4.74 Å². The second kappa shape index (κ2) is 8.94. The number of likely N-dealkylation sites (tertiary alicyclic amines) is 1. The molecule has 30 heavy (non-hydrogen) atoms. The predicted molar refractivity (Wildman–Crippen MR) is 114 cm³/mol. The van der Waals surface area contributed by atoms with Crippen LogP contribution in [0.1, 0.15) is 12.8 Å². The topological polar surface area (TPSA) is 106 Å². The number of thioether (sulfide) groups is 1. The Morgan fingerprint density at radius 3 is 2.67 bits per heavy atom. The summed E-state index contributed by atoms with van der Waals surface area (Å²) in [6.07, 6.45) is 3.75. The molecule has 9 nitrogen and oxygen atoms in total. The Hall–Kier alpha value is -2.11. The number of hydrogen-bond donors (Lipinski definition) is 1. The molecule has 2 saturated heterocycles. The Kier molecular flexibility index (Phi) is 6.30. The minimum Gasteiger partial charge on any atom is -0.497 e. The van der Waals surface area contributed by atoms with Crippen molar-refractivity contribution in [2.45, 2.75) is 30.1 Å². The fraction of sp³-hybridized carbons (Fsp3) is 0.526. The predicted octanol–water partition coefficient (Wildman–Crippen LogP) is 0.746. The summed E-state index contributed by atoms with van der Waals surface area (Å²) < 4.78 is 31.3. The number of nitrogens with zero attached hydrogens (tertiary/aromatic N) is 4. The van der Waals surface area contributed by atoms with E-state index in [9.17, 15) is 13.2 Å². The highest BCUT2D eigenvalue weighted by molar-refractivity contribution is 7.99. The van der Waals surface area contributed by atoms with Crippen molar-refractivity contribution in [3.63, 3.8) is 0 Å². The van der Waals surface area contributed by atoms with Gasteiger partial charge in [0.2, 0.25) is 5.91 Å². The summed E-state index contributed by atoms with van der Waals surface area (Å²) in [5.74, 6) is 0.816. The summed E-state index contributed by atoms with van der Waals surface area (Å²) >= 11 is 1.27. The number of nitrogens with one attached hydrogen (secondary N) is 1. The maximum atomic E-state index is 12.6. The number of sulfone groups is 1. The number of hydrogen-bond acceptors (Lipinski definition) is 8. The second-order valence-corrected chi connectivity index (χ2v) is 10.6. The molecule has 4 rings (SSSR count). The average molecular weight is 452 g/mol. The molecule has 0 unspecified atom stereocenters. The van der Waals surface area contributed by atoms with E-state index >= 15 is 0 Å². The summed E-state index contributed by atoms with van der Waals surface area (Å²) in [6, 6.07) is 6.97. The maximum Gasteiger partial charge on any atom is 0.230 e. The molecule has 2 aliphatic heterocycles. The lowest BCUT2D eigenvalue weighted by Gasteiger charge is -2.28. The first kappa shape index (κ1) is 21.1. The van der Waals surface area contributed by atoms with Crippen molar-refractivity contribution >= 4 is 27.5 Å². The quantitative estimate of drug-likeness (QED) is 0.615. The van der Waals surface area contributed by atoms with Gasteiger partial charge in [-0.05, 0) is 50.2 Å². The van der Waals surface area contributed by atoms with Gasteiger partial charge in [0.15, 0.2) is 15.0 Å². The van der Waals surface area contributed by atoms with Crippen molar-refractivity contribution in [2.75, 3.05) is 37.5 Å². The maximum absolute atomic E-state index is 12.6. The molecule has 11 heteroatoms. The van der Waals surface area contributed by atoms with Crippen LogP contribution < -0.4 is 10.1 Å². The Labute approximate surface area is 180 Å². The highest BCUT2D eigenvalue weighted by atomic mass is 32.2. The molecule has 1 N–H and O–H groups in total. The molecule has 162 valence electrons. The minimum atomic E-state index is -3.13. The van der Waals surface area contributed by atoms with Crippen LogP contribution in [-0.4, -0.2) is 83.5 Å². The molecule has 1 aromatic carbocycles. The number of aromatic nitrogens is 3.